The van der Waals surface area contributed by atoms with Crippen LogP contribution in [0.3, 0.4) is 0 Å². The summed E-state index contributed by atoms with van der Waals surface area (Å²) in [5.41, 5.74) is 8.08. The number of imidazole rings is 2. The van der Waals surface area contributed by atoms with Crippen LogP contribution in [0.4, 0.5) is 11.9 Å². The molecular weight excluding hydrogens is 849 g/mol. The Balaban J connectivity index is 1.00. The number of hydrogen-bond acceptors (Lipinski definition) is 24. The van der Waals surface area contributed by atoms with Crippen molar-refractivity contribution in [2.75, 3.05) is 24.7 Å². The summed E-state index contributed by atoms with van der Waals surface area (Å²) in [6.45, 7) is 4.13. The van der Waals surface area contributed by atoms with E-state index in [1.165, 1.54) is 19.9 Å². The third-order valence-corrected chi connectivity index (χ3v) is 12.9. The molecule has 32 heteroatoms. The number of rotatable bonds is 14. The van der Waals surface area contributed by atoms with E-state index in [2.05, 4.69) is 44.6 Å². The monoisotopic (exact) mass is 881 g/mol. The normalized spacial score (nSPS) is 30.0. The van der Waals surface area contributed by atoms with Gasteiger partial charge in [-0.05, 0) is 13.8 Å². The van der Waals surface area contributed by atoms with Gasteiger partial charge in [-0.1, -0.05) is 6.08 Å². The van der Waals surface area contributed by atoms with E-state index in [0.717, 1.165) is 20.0 Å². The summed E-state index contributed by atoms with van der Waals surface area (Å²) in [5.74, 6) is -2.04. The highest BCUT2D eigenvalue weighted by molar-refractivity contribution is 7.65. The number of fused-ring (bicyclic) bond motifs is 3. The van der Waals surface area contributed by atoms with Gasteiger partial charge in [0, 0.05) is 6.54 Å². The fourth-order valence-electron chi connectivity index (χ4n) is 6.59. The van der Waals surface area contributed by atoms with E-state index in [1.54, 1.807) is 0 Å². The van der Waals surface area contributed by atoms with Gasteiger partial charge in [0.05, 0.1) is 19.5 Å². The van der Waals surface area contributed by atoms with Gasteiger partial charge < -0.3 is 64.4 Å². The van der Waals surface area contributed by atoms with Crippen LogP contribution in [0, 0.1) is 0 Å². The molecule has 0 saturated carbocycles. The molecule has 0 aliphatic carbocycles. The third-order valence-electron chi connectivity index (χ3n) is 8.78. The molecular formula is C26H32N10O19P3-3. The van der Waals surface area contributed by atoms with E-state index < -0.39 is 108 Å². The number of nitrogens with zero attached hydrogens (tertiary/aromatic N) is 6. The van der Waals surface area contributed by atoms with Crippen molar-refractivity contribution in [3.63, 3.8) is 0 Å². The van der Waals surface area contributed by atoms with Crippen molar-refractivity contribution in [2.45, 2.75) is 75.3 Å². The fraction of sp³-hybridized carbons (Fsp3) is 0.538. The Morgan fingerprint density at radius 2 is 1.45 bits per heavy atom. The molecule has 0 bridgehead atoms. The lowest BCUT2D eigenvalue weighted by Crippen LogP contribution is -2.34. The zero-order valence-electron chi connectivity index (χ0n) is 29.6. The van der Waals surface area contributed by atoms with E-state index in [0.29, 0.717) is 0 Å². The van der Waals surface area contributed by atoms with Crippen LogP contribution < -0.4 is 43.0 Å². The number of aliphatic hydroxyl groups is 2. The van der Waals surface area contributed by atoms with Gasteiger partial charge in [0.2, 0.25) is 11.9 Å². The summed E-state index contributed by atoms with van der Waals surface area (Å²) in [5, 5.41) is 21.0. The molecule has 3 saturated heterocycles. The van der Waals surface area contributed by atoms with Crippen LogP contribution >= 0.6 is 23.5 Å². The molecule has 58 heavy (non-hydrogen) atoms. The zero-order chi connectivity index (χ0) is 42.3. The first-order valence-corrected chi connectivity index (χ1v) is 20.9. The number of ether oxygens (including phenoxy) is 4. The standard InChI is InChI=1S/C26H35N10O19P3/c1-4-5-34-12-18(31-24(28)33-20(12)40)36(25(34)41)22-16-15(52-26(2,3)53-16)10(51-22)7-49-57(44,45)55-58(46,47)54-56(42,43)48-6-9-13(37)14(38)21(50-9)35-8-29-11-17(35)30-23(27)32-19(11)39/h4,8-10,13-16,21-22,37-38H,1,5-7H2,2-3H3,(H,42,43)(H,44,45)(H,46,47)(H3,27,30,32,39)(H3,28,31,33,40)/p-3/t9-,10-,13-,14-,15-,16+,21-,22-/m1/s1. The molecule has 4 aromatic rings. The maximum atomic E-state index is 13.6. The molecule has 29 nitrogen and oxygen atoms in total. The molecule has 0 amide bonds. The second-order valence-electron chi connectivity index (χ2n) is 13.2. The first-order chi connectivity index (χ1) is 27.0. The van der Waals surface area contributed by atoms with E-state index >= 15 is 0 Å². The van der Waals surface area contributed by atoms with Crippen molar-refractivity contribution >= 4 is 57.7 Å². The van der Waals surface area contributed by atoms with Crippen molar-refractivity contribution in [3.05, 3.63) is 50.2 Å². The van der Waals surface area contributed by atoms with E-state index in [4.69, 9.17) is 34.9 Å². The molecule has 11 atom stereocenters. The molecule has 7 rings (SSSR count). The number of anilines is 2. The number of aliphatic hydroxyl groups excluding tert-OH is 2. The molecule has 4 aromatic heterocycles. The van der Waals surface area contributed by atoms with Gasteiger partial charge in [0.15, 0.2) is 40.6 Å². The number of nitrogens with two attached hydrogens (primary N) is 2. The average molecular weight is 882 g/mol. The first kappa shape index (κ1) is 42.1. The quantitative estimate of drug-likeness (QED) is 0.0517. The average Bonchev–Trinajstić information content (AvgIpc) is 3.86. The number of allylic oxidation sites excluding steroid dienone is 1. The second kappa shape index (κ2) is 14.9. The minimum Gasteiger partial charge on any atom is -0.756 e. The Kier molecular flexibility index (Phi) is 10.8. The molecule has 0 spiro atoms. The van der Waals surface area contributed by atoms with Crippen LogP contribution in [0.1, 0.15) is 26.3 Å². The smallest absolute Gasteiger partial charge is 0.333 e. The highest BCUT2D eigenvalue weighted by atomic mass is 31.3. The largest absolute Gasteiger partial charge is 0.756 e. The zero-order valence-corrected chi connectivity index (χ0v) is 32.3. The molecule has 318 valence electrons. The molecule has 0 radical (unpaired) electrons. The van der Waals surface area contributed by atoms with E-state index in [1.807, 2.05) is 0 Å². The number of hydrogen-bond donors (Lipinski definition) is 6. The second-order valence-corrected chi connectivity index (χ2v) is 17.7. The molecule has 8 N–H and O–H groups in total. The van der Waals surface area contributed by atoms with Gasteiger partial charge in [-0.3, -0.25) is 42.4 Å². The van der Waals surface area contributed by atoms with Crippen LogP contribution in [0.5, 0.6) is 0 Å². The van der Waals surface area contributed by atoms with Crippen LogP contribution in [0.15, 0.2) is 33.4 Å². The number of phosphoric acid groups is 3. The lowest BCUT2D eigenvalue weighted by atomic mass is 10.1. The number of nitrogen functional groups attached to an aromatic ring is 2. The van der Waals surface area contributed by atoms with Crippen LogP contribution in [-0.4, -0.2) is 104 Å². The van der Waals surface area contributed by atoms with Gasteiger partial charge in [0.25, 0.3) is 34.6 Å². The van der Waals surface area contributed by atoms with Crippen molar-refractivity contribution in [3.8, 4) is 0 Å². The molecule has 3 aliphatic rings. The SMILES string of the molecule is C=CCn1c(=O)n([C@@H]2O[C@H](COP(=O)([O-])OP(=O)([O-])OP(=O)([O-])OC[C@H]3O[C@@H](n4cnc5c(=O)[nH]c(N)nc54)[C@H](O)[C@@H]3O)[C@H]3OC(C)(C)O[C@@H]32)c2nc(N)[nH]c(=O)c21. The molecule has 3 aliphatic heterocycles. The summed E-state index contributed by atoms with van der Waals surface area (Å²) in [6, 6.07) is 0. The van der Waals surface area contributed by atoms with Crippen LogP contribution in [0.25, 0.3) is 22.3 Å². The number of aromatic nitrogens is 8. The lowest BCUT2D eigenvalue weighted by Gasteiger charge is -2.35. The fourth-order valence-corrected chi connectivity index (χ4v) is 9.97. The minimum atomic E-state index is -6.40. The Bertz CT molecular complexity index is 2610. The maximum Gasteiger partial charge on any atom is 0.333 e. The summed E-state index contributed by atoms with van der Waals surface area (Å²) in [6.07, 6.45) is -9.89. The number of nitrogens with one attached hydrogen (secondary N) is 2. The molecule has 7 heterocycles. The Hall–Kier alpha value is -3.99. The number of H-pyrrole nitrogens is 2. The highest BCUT2D eigenvalue weighted by Crippen LogP contribution is 2.63. The maximum absolute atomic E-state index is 13.6. The summed E-state index contributed by atoms with van der Waals surface area (Å²) in [7, 11) is -18.5. The van der Waals surface area contributed by atoms with Gasteiger partial charge in [-0.15, -0.1) is 6.58 Å². The van der Waals surface area contributed by atoms with Crippen molar-refractivity contribution < 1.29 is 75.2 Å². The minimum absolute atomic E-state index is 0.148. The third kappa shape index (κ3) is 8.01. The predicted molar refractivity (Wildman–Crippen MR) is 182 cm³/mol. The molecule has 3 fully saturated rings. The van der Waals surface area contributed by atoms with Crippen LogP contribution in [0.2, 0.25) is 0 Å². The first-order valence-electron chi connectivity index (χ1n) is 16.5. The lowest BCUT2D eigenvalue weighted by molar-refractivity contribution is -0.253. The summed E-state index contributed by atoms with van der Waals surface area (Å²) in [4.78, 5) is 92.4. The number of aromatic amines is 2. The predicted octanol–water partition coefficient (Wildman–Crippen LogP) is -4.12. The van der Waals surface area contributed by atoms with Crippen molar-refractivity contribution in [1.29, 1.82) is 0 Å². The van der Waals surface area contributed by atoms with Gasteiger partial charge in [-0.25, -0.2) is 23.0 Å². The number of phosphoric ester groups is 2. The highest BCUT2D eigenvalue weighted by Gasteiger charge is 2.57. The van der Waals surface area contributed by atoms with Crippen molar-refractivity contribution in [2.24, 2.45) is 0 Å². The van der Waals surface area contributed by atoms with Crippen LogP contribution in [-0.2, 0) is 56.9 Å². The topological polar surface area (TPSA) is 423 Å². The summed E-state index contributed by atoms with van der Waals surface area (Å²) < 4.78 is 80.7. The molecule has 3 unspecified atom stereocenters. The molecule has 0 aromatic carbocycles. The van der Waals surface area contributed by atoms with Gasteiger partial charge >= 0.3 is 5.69 Å². The van der Waals surface area contributed by atoms with E-state index in [-0.39, 0.29) is 40.8 Å². The van der Waals surface area contributed by atoms with E-state index in [9.17, 15) is 53.0 Å². The Labute approximate surface area is 321 Å². The Morgan fingerprint density at radius 1 is 0.879 bits per heavy atom. The van der Waals surface area contributed by atoms with Gasteiger partial charge in [0.1, 0.15) is 36.6 Å². The Morgan fingerprint density at radius 3 is 2.09 bits per heavy atom. The van der Waals surface area contributed by atoms with Crippen molar-refractivity contribution in [1.82, 2.24) is 38.6 Å². The van der Waals surface area contributed by atoms with Gasteiger partial charge in [-0.2, -0.15) is 9.97 Å². The summed E-state index contributed by atoms with van der Waals surface area (Å²) >= 11 is 0.